The van der Waals surface area contributed by atoms with E-state index >= 15 is 0 Å². The fourth-order valence-electron chi connectivity index (χ4n) is 2.72. The molecule has 0 aliphatic carbocycles. The van der Waals surface area contributed by atoms with Crippen molar-refractivity contribution >= 4 is 22.6 Å². The number of azo groups is 1. The normalized spacial score (nSPS) is 11.1. The minimum Gasteiger partial charge on any atom is -0.493 e. The van der Waals surface area contributed by atoms with Crippen LogP contribution in [0.25, 0.3) is 10.9 Å². The van der Waals surface area contributed by atoms with E-state index in [1.165, 1.54) is 0 Å². The molecule has 26 heavy (non-hydrogen) atoms. The number of fused-ring (bicyclic) bond motifs is 1. The summed E-state index contributed by atoms with van der Waals surface area (Å²) in [6, 6.07) is 13.9. The average molecular weight is 350 g/mol. The summed E-state index contributed by atoms with van der Waals surface area (Å²) in [4.78, 5) is 10.9. The summed E-state index contributed by atoms with van der Waals surface area (Å²) in [7, 11) is 0. The lowest BCUT2D eigenvalue weighted by atomic mass is 10.2. The van der Waals surface area contributed by atoms with Crippen LogP contribution < -0.4 is 10.5 Å². The number of carbonyl (C=O) groups excluding carboxylic acids is 1. The zero-order valence-electron chi connectivity index (χ0n) is 14.0. The van der Waals surface area contributed by atoms with Crippen molar-refractivity contribution in [3.63, 3.8) is 0 Å². The van der Waals surface area contributed by atoms with Gasteiger partial charge in [-0.1, -0.05) is 54.2 Å². The molecule has 132 valence electrons. The highest BCUT2D eigenvalue weighted by atomic mass is 16.5. The minimum absolute atomic E-state index is 0.102. The second-order valence-corrected chi connectivity index (χ2v) is 5.52. The monoisotopic (exact) mass is 350 g/mol. The number of rotatable bonds is 6. The van der Waals surface area contributed by atoms with E-state index in [9.17, 15) is 9.90 Å². The number of carbonyl (C=O) groups is 1. The number of primary amides is 1. The molecule has 3 N–H and O–H groups in total. The fourth-order valence-corrected chi connectivity index (χ4v) is 2.72. The van der Waals surface area contributed by atoms with Gasteiger partial charge in [0.05, 0.1) is 12.1 Å². The first-order valence-corrected chi connectivity index (χ1v) is 7.94. The van der Waals surface area contributed by atoms with Crippen LogP contribution in [0.5, 0.6) is 11.6 Å². The molecular weight excluding hydrogens is 332 g/mol. The number of nitrogens with zero attached hydrogens (tertiary/aromatic N) is 3. The lowest BCUT2D eigenvalue weighted by molar-refractivity contribution is 0.255. The molecule has 2 aromatic carbocycles. The first-order chi connectivity index (χ1) is 12.6. The molecule has 2 amide bonds. The Morgan fingerprint density at radius 2 is 1.96 bits per heavy atom. The Balaban J connectivity index is 2.08. The van der Waals surface area contributed by atoms with Crippen LogP contribution in [0.4, 0.5) is 10.5 Å². The molecule has 0 radical (unpaired) electrons. The number of aromatic nitrogens is 1. The highest BCUT2D eigenvalue weighted by Crippen LogP contribution is 2.39. The molecule has 0 saturated heterocycles. The molecule has 0 bridgehead atoms. The highest BCUT2D eigenvalue weighted by Gasteiger charge is 2.17. The summed E-state index contributed by atoms with van der Waals surface area (Å²) in [5.74, 6) is 0.597. The third-order valence-electron chi connectivity index (χ3n) is 3.82. The summed E-state index contributed by atoms with van der Waals surface area (Å²) in [6.45, 7) is 4.39. The van der Waals surface area contributed by atoms with Crippen molar-refractivity contribution in [1.29, 1.82) is 0 Å². The molecule has 3 rings (SSSR count). The zero-order chi connectivity index (χ0) is 18.5. The molecule has 0 aliphatic rings. The second kappa shape index (κ2) is 7.52. The summed E-state index contributed by atoms with van der Waals surface area (Å²) < 4.78 is 7.36. The third-order valence-corrected chi connectivity index (χ3v) is 3.82. The van der Waals surface area contributed by atoms with Crippen molar-refractivity contribution < 1.29 is 14.6 Å². The number of benzene rings is 2. The van der Waals surface area contributed by atoms with Gasteiger partial charge in [0.2, 0.25) is 5.88 Å². The van der Waals surface area contributed by atoms with Crippen LogP contribution in [0.3, 0.4) is 0 Å². The number of nitrogens with two attached hydrogens (primary N) is 1. The SMILES string of the molecule is C=CCOc1ccccc1Cn1c(O)c(N=NC(N)=O)c2ccccc21. The maximum absolute atomic E-state index is 10.9. The molecule has 0 saturated carbocycles. The van der Waals surface area contributed by atoms with Crippen LogP contribution in [0.1, 0.15) is 5.56 Å². The first-order valence-electron chi connectivity index (χ1n) is 7.94. The molecule has 1 aromatic heterocycles. The Labute approximate surface area is 150 Å². The maximum Gasteiger partial charge on any atom is 0.356 e. The van der Waals surface area contributed by atoms with Gasteiger partial charge in [0, 0.05) is 10.9 Å². The predicted octanol–water partition coefficient (Wildman–Crippen LogP) is 4.12. The van der Waals surface area contributed by atoms with Crippen molar-refractivity contribution in [2.24, 2.45) is 16.0 Å². The maximum atomic E-state index is 10.9. The number of hydrogen-bond donors (Lipinski definition) is 2. The standard InChI is InChI=1S/C19H18N4O3/c1-2-11-26-16-10-6-3-7-13(16)12-23-15-9-5-4-8-14(15)17(18(23)24)21-22-19(20)25/h2-10,24H,1,11-12H2,(H2,20,25). The third kappa shape index (κ3) is 3.41. The minimum atomic E-state index is -0.926. The lowest BCUT2D eigenvalue weighted by Gasteiger charge is -2.12. The van der Waals surface area contributed by atoms with Gasteiger partial charge in [-0.25, -0.2) is 4.79 Å². The van der Waals surface area contributed by atoms with E-state index < -0.39 is 6.03 Å². The van der Waals surface area contributed by atoms with Crippen LogP contribution in [0, 0.1) is 0 Å². The molecule has 0 aliphatic heterocycles. The van der Waals surface area contributed by atoms with Crippen molar-refractivity contribution in [3.8, 4) is 11.6 Å². The fraction of sp³-hybridized carbons (Fsp3) is 0.105. The Bertz CT molecular complexity index is 992. The molecule has 0 spiro atoms. The van der Waals surface area contributed by atoms with Crippen LogP contribution in [-0.4, -0.2) is 22.3 Å². The quantitative estimate of drug-likeness (QED) is 0.516. The average Bonchev–Trinajstić information content (AvgIpc) is 2.91. The first kappa shape index (κ1) is 17.2. The van der Waals surface area contributed by atoms with E-state index in [0.717, 1.165) is 11.1 Å². The summed E-state index contributed by atoms with van der Waals surface area (Å²) >= 11 is 0. The van der Waals surface area contributed by atoms with E-state index in [1.54, 1.807) is 16.7 Å². The Kier molecular flexibility index (Phi) is 4.98. The Morgan fingerprint density at radius 3 is 2.73 bits per heavy atom. The summed E-state index contributed by atoms with van der Waals surface area (Å²) in [5.41, 5.74) is 6.85. The molecule has 1 heterocycles. The van der Waals surface area contributed by atoms with Gasteiger partial charge in [0.1, 0.15) is 12.4 Å². The number of ether oxygens (including phenoxy) is 1. The van der Waals surface area contributed by atoms with E-state index in [-0.39, 0.29) is 11.6 Å². The van der Waals surface area contributed by atoms with Gasteiger partial charge in [0.15, 0.2) is 5.69 Å². The molecule has 0 atom stereocenters. The topological polar surface area (TPSA) is 102 Å². The van der Waals surface area contributed by atoms with Gasteiger partial charge in [-0.3, -0.25) is 0 Å². The van der Waals surface area contributed by atoms with Gasteiger partial charge in [-0.15, -0.1) is 5.11 Å². The van der Waals surface area contributed by atoms with Crippen LogP contribution >= 0.6 is 0 Å². The predicted molar refractivity (Wildman–Crippen MR) is 98.9 cm³/mol. The van der Waals surface area contributed by atoms with Gasteiger partial charge >= 0.3 is 6.03 Å². The molecule has 0 unspecified atom stereocenters. The van der Waals surface area contributed by atoms with Crippen LogP contribution in [0.15, 0.2) is 71.4 Å². The molecule has 7 heteroatoms. The number of urea groups is 1. The van der Waals surface area contributed by atoms with Gasteiger partial charge in [0.25, 0.3) is 0 Å². The van der Waals surface area contributed by atoms with Crippen LogP contribution in [0.2, 0.25) is 0 Å². The van der Waals surface area contributed by atoms with Crippen LogP contribution in [-0.2, 0) is 6.54 Å². The van der Waals surface area contributed by atoms with Gasteiger partial charge < -0.3 is 20.1 Å². The Morgan fingerprint density at radius 1 is 1.23 bits per heavy atom. The van der Waals surface area contributed by atoms with E-state index in [0.29, 0.717) is 24.3 Å². The van der Waals surface area contributed by atoms with E-state index in [2.05, 4.69) is 16.8 Å². The van der Waals surface area contributed by atoms with E-state index in [4.69, 9.17) is 10.5 Å². The largest absolute Gasteiger partial charge is 0.493 e. The number of para-hydroxylation sites is 2. The lowest BCUT2D eigenvalue weighted by Crippen LogP contribution is -2.03. The smallest absolute Gasteiger partial charge is 0.356 e. The van der Waals surface area contributed by atoms with Crippen molar-refractivity contribution in [2.75, 3.05) is 6.61 Å². The summed E-state index contributed by atoms with van der Waals surface area (Å²) in [5, 5.41) is 18.5. The van der Waals surface area contributed by atoms with Gasteiger partial charge in [-0.2, -0.15) is 0 Å². The number of hydrogen-bond acceptors (Lipinski definition) is 4. The Hall–Kier alpha value is -3.61. The molecular formula is C19H18N4O3. The number of aromatic hydroxyl groups is 1. The van der Waals surface area contributed by atoms with Gasteiger partial charge in [-0.05, 0) is 12.1 Å². The highest BCUT2D eigenvalue weighted by molar-refractivity contribution is 5.95. The summed E-state index contributed by atoms with van der Waals surface area (Å²) in [6.07, 6.45) is 1.67. The molecule has 7 nitrogen and oxygen atoms in total. The van der Waals surface area contributed by atoms with E-state index in [1.807, 2.05) is 42.5 Å². The molecule has 0 fully saturated rings. The van der Waals surface area contributed by atoms with Crippen molar-refractivity contribution in [2.45, 2.75) is 6.54 Å². The van der Waals surface area contributed by atoms with Crippen molar-refractivity contribution in [3.05, 3.63) is 66.7 Å². The molecule has 3 aromatic rings. The zero-order valence-corrected chi connectivity index (χ0v) is 14.0. The van der Waals surface area contributed by atoms with Crippen molar-refractivity contribution in [1.82, 2.24) is 4.57 Å². The number of amides is 2. The second-order valence-electron chi connectivity index (χ2n) is 5.52.